The van der Waals surface area contributed by atoms with Crippen LogP contribution in [0.25, 0.3) is 15.8 Å². The Morgan fingerprint density at radius 2 is 1.17 bits per heavy atom. The summed E-state index contributed by atoms with van der Waals surface area (Å²) in [7, 11) is 0. The highest BCUT2D eigenvalue weighted by Gasteiger charge is 2.45. The number of aliphatic hydroxyl groups excluding tert-OH is 1. The summed E-state index contributed by atoms with van der Waals surface area (Å²) in [6, 6.07) is 13.1. The lowest BCUT2D eigenvalue weighted by atomic mass is 9.78. The largest absolute Gasteiger partial charge is 0.506 e. The number of ketones is 1. The first-order valence-electron chi connectivity index (χ1n) is 27.2. The van der Waals surface area contributed by atoms with Gasteiger partial charge in [0.2, 0.25) is 11.3 Å². The summed E-state index contributed by atoms with van der Waals surface area (Å²) < 4.78 is 16.7. The molecule has 0 saturated carbocycles. The third kappa shape index (κ3) is 13.1. The number of aromatic nitrogens is 1. The van der Waals surface area contributed by atoms with E-state index >= 15 is 0 Å². The first-order valence-corrected chi connectivity index (χ1v) is 28.9. The predicted octanol–water partition coefficient (Wildman–Crippen LogP) is 17.2. The molecule has 1 N–H and O–H groups in total. The molecule has 8 heteroatoms. The number of carbonyl (C=O) groups excluding carboxylic acids is 1. The molecule has 4 heterocycles. The molecular weight excluding hydrogens is 853 g/mol. The number of rotatable bonds is 31. The van der Waals surface area contributed by atoms with E-state index in [1.807, 2.05) is 0 Å². The van der Waals surface area contributed by atoms with E-state index in [1.165, 1.54) is 175 Å². The topological polar surface area (TPSA) is 62.9 Å². The summed E-state index contributed by atoms with van der Waals surface area (Å²) in [6.45, 7) is 12.5. The molecule has 0 saturated heterocycles. The van der Waals surface area contributed by atoms with Crippen LogP contribution in [0.1, 0.15) is 212 Å². The van der Waals surface area contributed by atoms with E-state index in [9.17, 15) is 9.90 Å². The van der Waals surface area contributed by atoms with Crippen molar-refractivity contribution < 1.29 is 23.9 Å². The number of anilines is 1. The zero-order valence-electron chi connectivity index (χ0n) is 41.6. The Morgan fingerprint density at radius 1 is 0.636 bits per heavy atom. The lowest BCUT2D eigenvalue weighted by molar-refractivity contribution is -0.672. The molecule has 2 unspecified atom stereocenters. The van der Waals surface area contributed by atoms with Crippen LogP contribution in [0, 0.1) is 11.8 Å². The molecule has 6 nitrogen and oxygen atoms in total. The number of hydrogen-bond donors (Lipinski definition) is 1. The second kappa shape index (κ2) is 26.5. The number of nitrogens with zero attached hydrogens (tertiary/aromatic N) is 2. The van der Waals surface area contributed by atoms with Crippen molar-refractivity contribution in [3.05, 3.63) is 68.9 Å². The van der Waals surface area contributed by atoms with E-state index in [1.54, 1.807) is 23.1 Å². The van der Waals surface area contributed by atoms with Gasteiger partial charge in [-0.15, -0.1) is 0 Å². The molecule has 7 rings (SSSR count). The molecule has 2 aromatic carbocycles. The summed E-state index contributed by atoms with van der Waals surface area (Å²) in [5, 5.41) is 14.1. The van der Waals surface area contributed by atoms with Crippen molar-refractivity contribution in [3.63, 3.8) is 0 Å². The number of fused-ring (bicyclic) bond motifs is 6. The van der Waals surface area contributed by atoms with Crippen LogP contribution < -0.4 is 18.9 Å². The monoisotopic (exact) mass is 938 g/mol. The van der Waals surface area contributed by atoms with Gasteiger partial charge in [0.1, 0.15) is 22.0 Å². The van der Waals surface area contributed by atoms with E-state index in [0.29, 0.717) is 23.0 Å². The highest BCUT2D eigenvalue weighted by Crippen LogP contribution is 2.54. The summed E-state index contributed by atoms with van der Waals surface area (Å²) >= 11 is 3.49. The number of thioether (sulfide) groups is 1. The zero-order chi connectivity index (χ0) is 46.1. The Bertz CT molecular complexity index is 2130. The van der Waals surface area contributed by atoms with Crippen LogP contribution in [0.4, 0.5) is 5.69 Å². The average molecular weight is 938 g/mol. The summed E-state index contributed by atoms with van der Waals surface area (Å²) in [5.41, 5.74) is 5.46. The van der Waals surface area contributed by atoms with Crippen LogP contribution in [-0.2, 0) is 11.3 Å². The van der Waals surface area contributed by atoms with Gasteiger partial charge in [-0.05, 0) is 86.6 Å². The third-order valence-electron chi connectivity index (χ3n) is 14.8. The summed E-state index contributed by atoms with van der Waals surface area (Å²) in [6.07, 6.45) is 34.9. The van der Waals surface area contributed by atoms with E-state index < -0.39 is 0 Å². The lowest BCUT2D eigenvalue weighted by Gasteiger charge is -2.32. The minimum atomic E-state index is 0.00745. The SMILES string of the molecule is CCCCCCCCC(CCCCCC)COc1ccc2c(c1)SC1=C(C3=C(O)C(=C4CCC[n+]5c4sc4cc(OCC(CCCCCC)CCCCCCCC)ccc45)C3=O)CCCN12. The van der Waals surface area contributed by atoms with Gasteiger partial charge in [-0.25, -0.2) is 0 Å². The minimum Gasteiger partial charge on any atom is -0.506 e. The van der Waals surface area contributed by atoms with Crippen molar-refractivity contribution in [1.29, 1.82) is 0 Å². The van der Waals surface area contributed by atoms with Crippen molar-refractivity contribution in [2.75, 3.05) is 24.7 Å². The molecule has 0 amide bonds. The molecule has 0 bridgehead atoms. The number of benzene rings is 2. The molecule has 1 aliphatic carbocycles. The van der Waals surface area contributed by atoms with Crippen molar-refractivity contribution in [2.45, 2.75) is 219 Å². The van der Waals surface area contributed by atoms with Gasteiger partial charge >= 0.3 is 0 Å². The van der Waals surface area contributed by atoms with E-state index in [0.717, 1.165) is 84.7 Å². The van der Waals surface area contributed by atoms with Gasteiger partial charge in [0.15, 0.2) is 6.54 Å². The molecule has 0 fully saturated rings. The standard InChI is InChI=1S/C58H84N2O4S2/c1-5-9-13-17-19-23-29-43(27-21-15-11-7-3)41-63-45-33-35-49-51(39-45)65-57-47(31-25-37-59(49)57)53-55(61)54(56(53)62)48-32-26-38-60-50-36-34-46(40-52(50)66-58(48)60)64-42-44(28-22-16-12-8-4)30-24-20-18-14-10-6-2/h33-36,39-40,43-44H,5-32,37-38,41-42H2,1-4H3/p+1. The number of allylic oxidation sites excluding steroid dienone is 4. The second-order valence-electron chi connectivity index (χ2n) is 20.1. The first-order chi connectivity index (χ1) is 32.4. The fourth-order valence-electron chi connectivity index (χ4n) is 10.9. The van der Waals surface area contributed by atoms with Gasteiger partial charge in [0.25, 0.3) is 5.01 Å². The molecular formula is C58H85N2O4S2+. The lowest BCUT2D eigenvalue weighted by Crippen LogP contribution is -2.40. The number of carbonyl (C=O) groups is 1. The molecule has 3 aromatic rings. The summed E-state index contributed by atoms with van der Waals surface area (Å²) in [4.78, 5) is 17.9. The number of aliphatic hydroxyl groups is 1. The normalized spacial score (nSPS) is 17.9. The van der Waals surface area contributed by atoms with Crippen LogP contribution in [0.3, 0.4) is 0 Å². The fourth-order valence-corrected chi connectivity index (χ4v) is 13.5. The Labute approximate surface area is 408 Å². The summed E-state index contributed by atoms with van der Waals surface area (Å²) in [5.74, 6) is 3.28. The molecule has 4 aliphatic rings. The highest BCUT2D eigenvalue weighted by molar-refractivity contribution is 8.03. The van der Waals surface area contributed by atoms with Crippen LogP contribution >= 0.6 is 23.1 Å². The second-order valence-corrected chi connectivity index (χ2v) is 22.2. The first kappa shape index (κ1) is 50.6. The molecule has 0 radical (unpaired) electrons. The third-order valence-corrected chi connectivity index (χ3v) is 17.3. The number of unbranched alkanes of at least 4 members (excludes halogenated alkanes) is 16. The maximum absolute atomic E-state index is 14.4. The Balaban J connectivity index is 1.02. The van der Waals surface area contributed by atoms with Gasteiger partial charge < -0.3 is 19.5 Å². The molecule has 0 spiro atoms. The molecule has 66 heavy (non-hydrogen) atoms. The van der Waals surface area contributed by atoms with Gasteiger partial charge in [-0.2, -0.15) is 4.57 Å². The van der Waals surface area contributed by atoms with Crippen molar-refractivity contribution >= 4 is 50.4 Å². The van der Waals surface area contributed by atoms with Crippen LogP contribution in [0.5, 0.6) is 11.5 Å². The predicted molar refractivity (Wildman–Crippen MR) is 280 cm³/mol. The number of hydrogen-bond acceptors (Lipinski definition) is 7. The number of ether oxygens (including phenoxy) is 2. The number of Topliss-reactive ketones (excluding diaryl/α,β-unsaturated/α-hetero) is 1. The maximum atomic E-state index is 14.4. The number of aryl methyl sites for hydroxylation is 1. The van der Waals surface area contributed by atoms with E-state index in [2.05, 4.69) is 73.6 Å². The van der Waals surface area contributed by atoms with Crippen LogP contribution in [0.15, 0.2) is 68.8 Å². The molecule has 1 aromatic heterocycles. The van der Waals surface area contributed by atoms with E-state index in [-0.39, 0.29) is 11.5 Å². The number of thiazole rings is 1. The molecule has 3 aliphatic heterocycles. The van der Waals surface area contributed by atoms with Crippen molar-refractivity contribution in [3.8, 4) is 11.5 Å². The quantitative estimate of drug-likeness (QED) is 0.0394. The maximum Gasteiger partial charge on any atom is 0.266 e. The van der Waals surface area contributed by atoms with E-state index in [4.69, 9.17) is 9.47 Å². The van der Waals surface area contributed by atoms with Gasteiger partial charge in [-0.1, -0.05) is 179 Å². The Kier molecular flexibility index (Phi) is 20.3. The Morgan fingerprint density at radius 3 is 1.76 bits per heavy atom. The van der Waals surface area contributed by atoms with Gasteiger partial charge in [0, 0.05) is 30.0 Å². The van der Waals surface area contributed by atoms with Crippen LogP contribution in [-0.4, -0.2) is 30.6 Å². The highest BCUT2D eigenvalue weighted by atomic mass is 32.2. The minimum absolute atomic E-state index is 0.00745. The fraction of sp³-hybridized carbons (Fsp3) is 0.655. The van der Waals surface area contributed by atoms with Crippen molar-refractivity contribution in [2.24, 2.45) is 11.8 Å². The van der Waals surface area contributed by atoms with Gasteiger partial charge in [0.05, 0.1) is 40.6 Å². The Hall–Kier alpha value is -3.23. The van der Waals surface area contributed by atoms with Gasteiger partial charge in [-0.3, -0.25) is 4.79 Å². The van der Waals surface area contributed by atoms with Crippen LogP contribution in [0.2, 0.25) is 0 Å². The van der Waals surface area contributed by atoms with Crippen molar-refractivity contribution in [1.82, 2.24) is 0 Å². The smallest absolute Gasteiger partial charge is 0.266 e. The molecule has 2 atom stereocenters. The molecule has 362 valence electrons. The average Bonchev–Trinajstić information content (AvgIpc) is 3.90. The zero-order valence-corrected chi connectivity index (χ0v) is 43.3.